The maximum absolute atomic E-state index is 12.8. The zero-order valence-electron chi connectivity index (χ0n) is 16.7. The first kappa shape index (κ1) is 20.7. The fourth-order valence-electron chi connectivity index (χ4n) is 3.53. The van der Waals surface area contributed by atoms with Crippen LogP contribution in [0.25, 0.3) is 0 Å². The number of hydrogen-bond donors (Lipinski definition) is 2. The number of nitrogens with zero attached hydrogens (tertiary/aromatic N) is 1. The number of hydrogen-bond acceptors (Lipinski definition) is 5. The van der Waals surface area contributed by atoms with E-state index in [1.54, 1.807) is 43.5 Å². The highest BCUT2D eigenvalue weighted by Crippen LogP contribution is 2.35. The summed E-state index contributed by atoms with van der Waals surface area (Å²) in [4.78, 5) is 38.9. The molecule has 0 bridgehead atoms. The Kier molecular flexibility index (Phi) is 5.81. The van der Waals surface area contributed by atoms with E-state index in [1.165, 1.54) is 4.90 Å². The van der Waals surface area contributed by atoms with Gasteiger partial charge >= 0.3 is 12.0 Å². The SMILES string of the molecule is COc1ccc(CNC(=O)CN2C(=O)N[C@@H](c3ccc(Cl)cc3)C3=C2COC3=O)cc1. The van der Waals surface area contributed by atoms with Crippen molar-refractivity contribution in [3.63, 3.8) is 0 Å². The third-order valence-corrected chi connectivity index (χ3v) is 5.40. The average molecular weight is 442 g/mol. The molecule has 0 radical (unpaired) electrons. The van der Waals surface area contributed by atoms with E-state index >= 15 is 0 Å². The van der Waals surface area contributed by atoms with Crippen molar-refractivity contribution in [3.05, 3.63) is 76.0 Å². The molecule has 8 nitrogen and oxygen atoms in total. The third kappa shape index (κ3) is 4.34. The molecule has 0 saturated carbocycles. The van der Waals surface area contributed by atoms with Crippen LogP contribution in [0.2, 0.25) is 5.02 Å². The summed E-state index contributed by atoms with van der Waals surface area (Å²) in [6.07, 6.45) is 0. The van der Waals surface area contributed by atoms with Gasteiger partial charge in [-0.25, -0.2) is 9.59 Å². The molecule has 2 aliphatic rings. The highest BCUT2D eigenvalue weighted by Gasteiger charge is 2.42. The van der Waals surface area contributed by atoms with E-state index in [2.05, 4.69) is 10.6 Å². The molecule has 0 spiro atoms. The molecule has 0 unspecified atom stereocenters. The summed E-state index contributed by atoms with van der Waals surface area (Å²) in [5.41, 5.74) is 2.31. The van der Waals surface area contributed by atoms with Crippen molar-refractivity contribution in [2.75, 3.05) is 20.3 Å². The predicted molar refractivity (Wildman–Crippen MR) is 112 cm³/mol. The zero-order valence-corrected chi connectivity index (χ0v) is 17.4. The Morgan fingerprint density at radius 3 is 2.58 bits per heavy atom. The number of amides is 3. The molecule has 0 fully saturated rings. The van der Waals surface area contributed by atoms with E-state index in [0.29, 0.717) is 28.4 Å². The van der Waals surface area contributed by atoms with E-state index in [-0.39, 0.29) is 19.1 Å². The topological polar surface area (TPSA) is 97.0 Å². The Bertz CT molecular complexity index is 1050. The zero-order chi connectivity index (χ0) is 22.0. The van der Waals surface area contributed by atoms with Gasteiger partial charge in [-0.05, 0) is 35.4 Å². The third-order valence-electron chi connectivity index (χ3n) is 5.15. The molecule has 2 aromatic carbocycles. The molecule has 2 N–H and O–H groups in total. The number of benzene rings is 2. The van der Waals surface area contributed by atoms with Gasteiger partial charge in [0.1, 0.15) is 18.9 Å². The van der Waals surface area contributed by atoms with Crippen molar-refractivity contribution in [1.82, 2.24) is 15.5 Å². The Balaban J connectivity index is 1.48. The standard InChI is InChI=1S/C22H20ClN3O5/c1-30-16-8-2-13(3-9-16)10-24-18(27)11-26-17-12-31-21(28)19(17)20(25-22(26)29)14-4-6-15(23)7-5-14/h2-9,20H,10-12H2,1H3,(H,24,27)(H,25,29)/t20-/m0/s1. The molecule has 31 heavy (non-hydrogen) atoms. The van der Waals surface area contributed by atoms with Crippen LogP contribution >= 0.6 is 11.6 Å². The van der Waals surface area contributed by atoms with Crippen LogP contribution in [0.3, 0.4) is 0 Å². The van der Waals surface area contributed by atoms with Gasteiger partial charge in [-0.15, -0.1) is 0 Å². The predicted octanol–water partition coefficient (Wildman–Crippen LogP) is 2.54. The number of cyclic esters (lactones) is 1. The highest BCUT2D eigenvalue weighted by molar-refractivity contribution is 6.30. The first-order valence-electron chi connectivity index (χ1n) is 9.59. The van der Waals surface area contributed by atoms with Crippen molar-refractivity contribution in [3.8, 4) is 5.75 Å². The minimum Gasteiger partial charge on any atom is -0.497 e. The van der Waals surface area contributed by atoms with E-state index in [4.69, 9.17) is 21.1 Å². The maximum atomic E-state index is 12.8. The quantitative estimate of drug-likeness (QED) is 0.671. The van der Waals surface area contributed by atoms with Crippen LogP contribution in [-0.4, -0.2) is 43.1 Å². The minimum absolute atomic E-state index is 0.0581. The summed E-state index contributed by atoms with van der Waals surface area (Å²) in [5, 5.41) is 6.11. The molecule has 4 rings (SSSR count). The lowest BCUT2D eigenvalue weighted by Gasteiger charge is -2.32. The van der Waals surface area contributed by atoms with Gasteiger partial charge in [0.15, 0.2) is 0 Å². The minimum atomic E-state index is -0.659. The molecular weight excluding hydrogens is 422 g/mol. The molecule has 2 heterocycles. The van der Waals surface area contributed by atoms with E-state index < -0.39 is 18.0 Å². The van der Waals surface area contributed by atoms with Crippen molar-refractivity contribution in [2.45, 2.75) is 12.6 Å². The van der Waals surface area contributed by atoms with Crippen molar-refractivity contribution < 1.29 is 23.9 Å². The second-order valence-electron chi connectivity index (χ2n) is 7.08. The van der Waals surface area contributed by atoms with Gasteiger partial charge < -0.3 is 20.1 Å². The van der Waals surface area contributed by atoms with Gasteiger partial charge in [0.05, 0.1) is 24.4 Å². The summed E-state index contributed by atoms with van der Waals surface area (Å²) >= 11 is 5.94. The molecule has 0 aromatic heterocycles. The maximum Gasteiger partial charge on any atom is 0.338 e. The van der Waals surface area contributed by atoms with Crippen molar-refractivity contribution in [2.24, 2.45) is 0 Å². The van der Waals surface area contributed by atoms with Gasteiger partial charge in [0, 0.05) is 11.6 Å². The van der Waals surface area contributed by atoms with Gasteiger partial charge in [-0.2, -0.15) is 0 Å². The lowest BCUT2D eigenvalue weighted by molar-refractivity contribution is -0.136. The van der Waals surface area contributed by atoms with Gasteiger partial charge in [0.25, 0.3) is 0 Å². The number of urea groups is 1. The smallest absolute Gasteiger partial charge is 0.338 e. The van der Waals surface area contributed by atoms with Gasteiger partial charge in [0.2, 0.25) is 5.91 Å². The van der Waals surface area contributed by atoms with E-state index in [9.17, 15) is 14.4 Å². The van der Waals surface area contributed by atoms with Crippen molar-refractivity contribution in [1.29, 1.82) is 0 Å². The lowest BCUT2D eigenvalue weighted by Crippen LogP contribution is -2.50. The van der Waals surface area contributed by atoms with Crippen LogP contribution in [0.4, 0.5) is 4.79 Å². The number of halogens is 1. The number of carbonyl (C=O) groups is 3. The normalized spacial score (nSPS) is 17.7. The Labute approximate surface area is 183 Å². The Morgan fingerprint density at radius 2 is 1.90 bits per heavy atom. The van der Waals surface area contributed by atoms with Gasteiger partial charge in [-0.1, -0.05) is 35.9 Å². The summed E-state index contributed by atoms with van der Waals surface area (Å²) in [5.74, 6) is -0.152. The largest absolute Gasteiger partial charge is 0.497 e. The lowest BCUT2D eigenvalue weighted by atomic mass is 9.96. The molecule has 9 heteroatoms. The Hall–Kier alpha value is -3.52. The molecule has 0 aliphatic carbocycles. The second kappa shape index (κ2) is 8.69. The summed E-state index contributed by atoms with van der Waals surface area (Å²) in [7, 11) is 1.58. The monoisotopic (exact) mass is 441 g/mol. The average Bonchev–Trinajstić information content (AvgIpc) is 3.16. The Morgan fingerprint density at radius 1 is 1.19 bits per heavy atom. The van der Waals surface area contributed by atoms with Crippen LogP contribution in [0.1, 0.15) is 17.2 Å². The fraction of sp³-hybridized carbons (Fsp3) is 0.227. The number of ether oxygens (including phenoxy) is 2. The summed E-state index contributed by atoms with van der Waals surface area (Å²) < 4.78 is 10.3. The number of rotatable bonds is 6. The van der Waals surface area contributed by atoms with Crippen LogP contribution < -0.4 is 15.4 Å². The molecule has 2 aromatic rings. The van der Waals surface area contributed by atoms with Crippen molar-refractivity contribution >= 4 is 29.5 Å². The molecule has 0 saturated heterocycles. The molecule has 1 atom stereocenters. The van der Waals surface area contributed by atoms with Crippen LogP contribution in [0.5, 0.6) is 5.75 Å². The molecule has 3 amide bonds. The number of nitrogens with one attached hydrogen (secondary N) is 2. The highest BCUT2D eigenvalue weighted by atomic mass is 35.5. The first-order chi connectivity index (χ1) is 15.0. The van der Waals surface area contributed by atoms with Crippen LogP contribution in [-0.2, 0) is 20.9 Å². The number of methoxy groups -OCH3 is 1. The van der Waals surface area contributed by atoms with Crippen LogP contribution in [0.15, 0.2) is 59.8 Å². The molecule has 2 aliphatic heterocycles. The fourth-order valence-corrected chi connectivity index (χ4v) is 3.65. The van der Waals surface area contributed by atoms with Gasteiger partial charge in [-0.3, -0.25) is 9.69 Å². The van der Waals surface area contributed by atoms with E-state index in [0.717, 1.165) is 11.3 Å². The molecule has 160 valence electrons. The molecular formula is C22H20ClN3O5. The number of carbonyl (C=O) groups excluding carboxylic acids is 3. The number of esters is 1. The van der Waals surface area contributed by atoms with E-state index in [1.807, 2.05) is 12.1 Å². The second-order valence-corrected chi connectivity index (χ2v) is 7.52. The van der Waals surface area contributed by atoms with Crippen LogP contribution in [0, 0.1) is 0 Å². The summed E-state index contributed by atoms with van der Waals surface area (Å²) in [6, 6.07) is 13.0. The summed E-state index contributed by atoms with van der Waals surface area (Å²) in [6.45, 7) is 0.00918. The first-order valence-corrected chi connectivity index (χ1v) is 9.97.